The number of hydrogen-bond acceptors (Lipinski definition) is 8. The van der Waals surface area contributed by atoms with E-state index in [2.05, 4.69) is 24.7 Å². The number of pyridine rings is 1. The van der Waals surface area contributed by atoms with Crippen LogP contribution >= 0.6 is 0 Å². The SMILES string of the molecule is Cc1noc(-c2ccc(N3CCc4nc(C5CCOCC5)nn4CC3)nc2)n1. The van der Waals surface area contributed by atoms with Gasteiger partial charge in [-0.25, -0.2) is 14.6 Å². The predicted molar refractivity (Wildman–Crippen MR) is 101 cm³/mol. The molecule has 0 radical (unpaired) electrons. The van der Waals surface area contributed by atoms with Gasteiger partial charge >= 0.3 is 0 Å². The van der Waals surface area contributed by atoms with Crippen molar-refractivity contribution in [2.24, 2.45) is 0 Å². The molecule has 0 aliphatic carbocycles. The van der Waals surface area contributed by atoms with Gasteiger partial charge in [-0.15, -0.1) is 0 Å². The second-order valence-electron chi connectivity index (χ2n) is 7.28. The van der Waals surface area contributed by atoms with Gasteiger partial charge in [-0.3, -0.25) is 0 Å². The van der Waals surface area contributed by atoms with E-state index in [4.69, 9.17) is 19.3 Å². The molecule has 9 nitrogen and oxygen atoms in total. The smallest absolute Gasteiger partial charge is 0.259 e. The molecule has 1 fully saturated rings. The fourth-order valence-corrected chi connectivity index (χ4v) is 3.79. The Bertz CT molecular complexity index is 918. The average Bonchev–Trinajstić information content (AvgIpc) is 3.30. The van der Waals surface area contributed by atoms with Gasteiger partial charge in [0.05, 0.1) is 12.1 Å². The lowest BCUT2D eigenvalue weighted by molar-refractivity contribution is 0.0835. The highest BCUT2D eigenvalue weighted by atomic mass is 16.5. The van der Waals surface area contributed by atoms with Crippen LogP contribution in [0.25, 0.3) is 11.5 Å². The summed E-state index contributed by atoms with van der Waals surface area (Å²) in [5.41, 5.74) is 0.829. The summed E-state index contributed by atoms with van der Waals surface area (Å²) >= 11 is 0. The molecular formula is C19H23N7O2. The van der Waals surface area contributed by atoms with Crippen LogP contribution in [0.4, 0.5) is 5.82 Å². The van der Waals surface area contributed by atoms with Crippen LogP contribution < -0.4 is 4.90 Å². The molecule has 0 unspecified atom stereocenters. The van der Waals surface area contributed by atoms with Crippen LogP contribution in [0.3, 0.4) is 0 Å². The van der Waals surface area contributed by atoms with E-state index in [-0.39, 0.29) is 0 Å². The Hall–Kier alpha value is -2.81. The Morgan fingerprint density at radius 1 is 1.07 bits per heavy atom. The summed E-state index contributed by atoms with van der Waals surface area (Å²) in [5.74, 6) is 4.55. The summed E-state index contributed by atoms with van der Waals surface area (Å²) in [6.45, 7) is 5.97. The first-order valence-corrected chi connectivity index (χ1v) is 9.79. The molecule has 28 heavy (non-hydrogen) atoms. The van der Waals surface area contributed by atoms with E-state index >= 15 is 0 Å². The van der Waals surface area contributed by atoms with Crippen molar-refractivity contribution in [1.29, 1.82) is 0 Å². The minimum absolute atomic E-state index is 0.437. The van der Waals surface area contributed by atoms with Crippen molar-refractivity contribution in [1.82, 2.24) is 29.9 Å². The molecule has 3 aromatic rings. The summed E-state index contributed by atoms with van der Waals surface area (Å²) in [7, 11) is 0. The summed E-state index contributed by atoms with van der Waals surface area (Å²) in [4.78, 5) is 16.0. The van der Waals surface area contributed by atoms with Crippen molar-refractivity contribution < 1.29 is 9.26 Å². The Labute approximate surface area is 162 Å². The molecule has 9 heteroatoms. The van der Waals surface area contributed by atoms with E-state index in [0.717, 1.165) is 75.1 Å². The topological polar surface area (TPSA) is 95.0 Å². The molecule has 2 aliphatic heterocycles. The average molecular weight is 381 g/mol. The Balaban J connectivity index is 1.27. The predicted octanol–water partition coefficient (Wildman–Crippen LogP) is 1.99. The van der Waals surface area contributed by atoms with Crippen LogP contribution in [-0.4, -0.2) is 56.2 Å². The van der Waals surface area contributed by atoms with Crippen LogP contribution in [-0.2, 0) is 17.7 Å². The zero-order valence-electron chi connectivity index (χ0n) is 15.9. The van der Waals surface area contributed by atoms with Crippen molar-refractivity contribution in [3.63, 3.8) is 0 Å². The third kappa shape index (κ3) is 3.37. The maximum Gasteiger partial charge on any atom is 0.259 e. The normalized spacial score (nSPS) is 18.1. The fourth-order valence-electron chi connectivity index (χ4n) is 3.79. The number of ether oxygens (including phenoxy) is 1. The number of anilines is 1. The van der Waals surface area contributed by atoms with Crippen molar-refractivity contribution in [3.05, 3.63) is 35.8 Å². The lowest BCUT2D eigenvalue weighted by Crippen LogP contribution is -2.27. The molecule has 1 saturated heterocycles. The highest BCUT2D eigenvalue weighted by Gasteiger charge is 2.24. The maximum absolute atomic E-state index is 5.45. The molecule has 0 bridgehead atoms. The van der Waals surface area contributed by atoms with Gasteiger partial charge in [-0.05, 0) is 31.9 Å². The molecule has 0 aromatic carbocycles. The van der Waals surface area contributed by atoms with Crippen LogP contribution in [0.2, 0.25) is 0 Å². The monoisotopic (exact) mass is 381 g/mol. The molecule has 5 heterocycles. The van der Waals surface area contributed by atoms with Crippen molar-refractivity contribution in [3.8, 4) is 11.5 Å². The second-order valence-corrected chi connectivity index (χ2v) is 7.28. The van der Waals surface area contributed by atoms with Crippen molar-refractivity contribution >= 4 is 5.82 Å². The van der Waals surface area contributed by atoms with E-state index in [1.165, 1.54) is 0 Å². The van der Waals surface area contributed by atoms with Gasteiger partial charge in [-0.2, -0.15) is 10.1 Å². The zero-order chi connectivity index (χ0) is 18.9. The van der Waals surface area contributed by atoms with E-state index < -0.39 is 0 Å². The Kier molecular flexibility index (Phi) is 4.52. The third-order valence-electron chi connectivity index (χ3n) is 5.38. The first-order valence-electron chi connectivity index (χ1n) is 9.79. The lowest BCUT2D eigenvalue weighted by atomic mass is 10.00. The summed E-state index contributed by atoms with van der Waals surface area (Å²) in [6, 6.07) is 3.98. The molecule has 2 aliphatic rings. The Morgan fingerprint density at radius 2 is 1.96 bits per heavy atom. The number of nitrogens with zero attached hydrogens (tertiary/aromatic N) is 7. The highest BCUT2D eigenvalue weighted by molar-refractivity contribution is 5.54. The van der Waals surface area contributed by atoms with Gasteiger partial charge in [0.1, 0.15) is 11.6 Å². The van der Waals surface area contributed by atoms with Gasteiger partial charge in [-0.1, -0.05) is 5.16 Å². The number of aromatic nitrogens is 6. The highest BCUT2D eigenvalue weighted by Crippen LogP contribution is 2.25. The summed E-state index contributed by atoms with van der Waals surface area (Å²) < 4.78 is 12.7. The van der Waals surface area contributed by atoms with Crippen LogP contribution in [0.15, 0.2) is 22.9 Å². The van der Waals surface area contributed by atoms with Gasteiger partial charge in [0.15, 0.2) is 11.6 Å². The first-order chi connectivity index (χ1) is 13.8. The van der Waals surface area contributed by atoms with Crippen molar-refractivity contribution in [2.45, 2.75) is 38.6 Å². The summed E-state index contributed by atoms with van der Waals surface area (Å²) in [5, 5.41) is 8.62. The molecule has 0 amide bonds. The standard InChI is InChI=1S/C19H23N7O2/c1-13-21-19(28-24-13)15-2-3-16(20-12-15)25-7-4-17-22-18(23-26(17)9-8-25)14-5-10-27-11-6-14/h2-3,12,14H,4-11H2,1H3. The second kappa shape index (κ2) is 7.31. The van der Waals surface area contributed by atoms with E-state index in [9.17, 15) is 0 Å². The van der Waals surface area contributed by atoms with Gasteiger partial charge < -0.3 is 14.2 Å². The molecule has 0 N–H and O–H groups in total. The number of rotatable bonds is 3. The molecule has 0 spiro atoms. The van der Waals surface area contributed by atoms with Gasteiger partial charge in [0.2, 0.25) is 0 Å². The molecule has 0 saturated carbocycles. The minimum Gasteiger partial charge on any atom is -0.381 e. The van der Waals surface area contributed by atoms with Crippen LogP contribution in [0.5, 0.6) is 0 Å². The van der Waals surface area contributed by atoms with Crippen LogP contribution in [0.1, 0.15) is 36.2 Å². The van der Waals surface area contributed by atoms with Crippen LogP contribution in [0, 0.1) is 6.92 Å². The molecule has 5 rings (SSSR count). The van der Waals surface area contributed by atoms with E-state index in [1.807, 2.05) is 12.1 Å². The lowest BCUT2D eigenvalue weighted by Gasteiger charge is -2.21. The maximum atomic E-state index is 5.45. The quantitative estimate of drug-likeness (QED) is 0.680. The van der Waals surface area contributed by atoms with Gasteiger partial charge in [0.25, 0.3) is 5.89 Å². The van der Waals surface area contributed by atoms with E-state index in [0.29, 0.717) is 17.6 Å². The molecule has 3 aromatic heterocycles. The zero-order valence-corrected chi connectivity index (χ0v) is 15.9. The minimum atomic E-state index is 0.437. The number of fused-ring (bicyclic) bond motifs is 1. The van der Waals surface area contributed by atoms with E-state index in [1.54, 1.807) is 13.1 Å². The first kappa shape index (κ1) is 17.3. The summed E-state index contributed by atoms with van der Waals surface area (Å²) in [6.07, 6.45) is 4.69. The van der Waals surface area contributed by atoms with Gasteiger partial charge in [0, 0.05) is 44.8 Å². The fraction of sp³-hybridized carbons (Fsp3) is 0.526. The third-order valence-corrected chi connectivity index (χ3v) is 5.38. The Morgan fingerprint density at radius 3 is 2.71 bits per heavy atom. The molecule has 0 atom stereocenters. The number of aryl methyl sites for hydroxylation is 1. The molecular weight excluding hydrogens is 358 g/mol. The largest absolute Gasteiger partial charge is 0.381 e. The number of hydrogen-bond donors (Lipinski definition) is 0. The molecule has 146 valence electrons. The van der Waals surface area contributed by atoms with Crippen molar-refractivity contribution in [2.75, 3.05) is 31.2 Å².